The van der Waals surface area contributed by atoms with E-state index in [1.54, 1.807) is 11.0 Å². The highest BCUT2D eigenvalue weighted by Crippen LogP contribution is 2.23. The number of halogens is 1. The van der Waals surface area contributed by atoms with Gasteiger partial charge in [-0.25, -0.2) is 0 Å². The summed E-state index contributed by atoms with van der Waals surface area (Å²) in [5.74, 6) is -0.407. The van der Waals surface area contributed by atoms with E-state index in [2.05, 4.69) is 10.6 Å². The predicted molar refractivity (Wildman–Crippen MR) is 103 cm³/mol. The number of likely N-dealkylation sites (tertiary alicyclic amines) is 1. The van der Waals surface area contributed by atoms with Crippen LogP contribution in [0.25, 0.3) is 0 Å². The van der Waals surface area contributed by atoms with E-state index in [1.807, 2.05) is 18.2 Å². The maximum atomic E-state index is 12.4. The minimum Gasteiger partial charge on any atom is -0.353 e. The number of rotatable bonds is 5. The van der Waals surface area contributed by atoms with Crippen molar-refractivity contribution in [2.24, 2.45) is 5.92 Å². The van der Waals surface area contributed by atoms with Gasteiger partial charge in [-0.3, -0.25) is 14.4 Å². The van der Waals surface area contributed by atoms with Crippen LogP contribution in [0.5, 0.6) is 0 Å². The first-order chi connectivity index (χ1) is 12.9. The molecule has 2 atom stereocenters. The van der Waals surface area contributed by atoms with Crippen molar-refractivity contribution in [2.75, 3.05) is 13.1 Å². The zero-order valence-corrected chi connectivity index (χ0v) is 16.3. The van der Waals surface area contributed by atoms with Crippen LogP contribution in [0, 0.1) is 5.92 Å². The number of amides is 3. The summed E-state index contributed by atoms with van der Waals surface area (Å²) in [6.45, 7) is 2.34. The molecule has 7 heteroatoms. The molecule has 0 aromatic heterocycles. The van der Waals surface area contributed by atoms with Gasteiger partial charge in [0, 0.05) is 37.1 Å². The van der Waals surface area contributed by atoms with Gasteiger partial charge in [0.1, 0.15) is 0 Å². The lowest BCUT2D eigenvalue weighted by Gasteiger charge is -2.25. The second-order valence-electron chi connectivity index (χ2n) is 7.51. The lowest BCUT2D eigenvalue weighted by atomic mass is 10.0. The molecule has 0 radical (unpaired) electrons. The highest BCUT2D eigenvalue weighted by atomic mass is 35.5. The molecule has 3 amide bonds. The Morgan fingerprint density at radius 3 is 2.41 bits per heavy atom. The van der Waals surface area contributed by atoms with Gasteiger partial charge < -0.3 is 15.5 Å². The summed E-state index contributed by atoms with van der Waals surface area (Å²) in [5, 5.41) is 6.60. The monoisotopic (exact) mass is 391 g/mol. The number of hydrogen-bond donors (Lipinski definition) is 2. The number of carbonyl (C=O) groups excluding carboxylic acids is 3. The van der Waals surface area contributed by atoms with Gasteiger partial charge in [-0.15, -0.1) is 0 Å². The molecule has 1 saturated heterocycles. The molecule has 2 fully saturated rings. The normalized spacial score (nSPS) is 22.7. The van der Waals surface area contributed by atoms with Crippen LogP contribution < -0.4 is 10.6 Å². The second kappa shape index (κ2) is 8.74. The average molecular weight is 392 g/mol. The summed E-state index contributed by atoms with van der Waals surface area (Å²) in [6.07, 6.45) is 3.59. The maximum Gasteiger partial charge on any atom is 0.225 e. The quantitative estimate of drug-likeness (QED) is 0.804. The summed E-state index contributed by atoms with van der Waals surface area (Å²) in [6, 6.07) is 7.40. The molecule has 1 saturated carbocycles. The Balaban J connectivity index is 1.59. The third-order valence-corrected chi connectivity index (χ3v) is 5.53. The van der Waals surface area contributed by atoms with Crippen molar-refractivity contribution in [3.63, 3.8) is 0 Å². The van der Waals surface area contributed by atoms with Gasteiger partial charge in [0.25, 0.3) is 0 Å². The first kappa shape index (κ1) is 19.7. The number of nitrogens with one attached hydrogen (secondary N) is 2. The second-order valence-corrected chi connectivity index (χ2v) is 7.92. The minimum absolute atomic E-state index is 0.0202. The molecule has 0 bridgehead atoms. The third kappa shape index (κ3) is 5.70. The Morgan fingerprint density at radius 2 is 1.74 bits per heavy atom. The molecule has 2 aliphatic rings. The molecule has 0 unspecified atom stereocenters. The standard InChI is InChI=1S/C20H26ClN3O3/c1-13(25)24-11-15(20(27)23-16-8-9-16)6-7-17(12-24)22-19(26)10-14-4-2-3-5-18(14)21/h2-5,15-17H,6-12H2,1H3,(H,22,26)(H,23,27)/t15-,17+/m1/s1. The van der Waals surface area contributed by atoms with Crippen molar-refractivity contribution in [2.45, 2.75) is 51.1 Å². The molecule has 1 aliphatic heterocycles. The summed E-state index contributed by atoms with van der Waals surface area (Å²) in [4.78, 5) is 38.5. The molecule has 3 rings (SSSR count). The van der Waals surface area contributed by atoms with E-state index in [0.717, 1.165) is 18.4 Å². The van der Waals surface area contributed by atoms with Crippen molar-refractivity contribution in [1.29, 1.82) is 0 Å². The fourth-order valence-electron chi connectivity index (χ4n) is 3.42. The van der Waals surface area contributed by atoms with E-state index >= 15 is 0 Å². The Hall–Kier alpha value is -2.08. The van der Waals surface area contributed by atoms with Crippen LogP contribution in [-0.4, -0.2) is 47.8 Å². The third-order valence-electron chi connectivity index (χ3n) is 5.16. The summed E-state index contributed by atoms with van der Waals surface area (Å²) >= 11 is 6.13. The number of nitrogens with zero attached hydrogens (tertiary/aromatic N) is 1. The van der Waals surface area contributed by atoms with Crippen LogP contribution in [0.15, 0.2) is 24.3 Å². The van der Waals surface area contributed by atoms with E-state index < -0.39 is 0 Å². The number of benzene rings is 1. The smallest absolute Gasteiger partial charge is 0.225 e. The molecule has 1 aromatic rings. The molecule has 2 N–H and O–H groups in total. The summed E-state index contributed by atoms with van der Waals surface area (Å²) in [7, 11) is 0. The fourth-order valence-corrected chi connectivity index (χ4v) is 3.62. The first-order valence-corrected chi connectivity index (χ1v) is 9.89. The van der Waals surface area contributed by atoms with E-state index in [-0.39, 0.29) is 36.1 Å². The fraction of sp³-hybridized carbons (Fsp3) is 0.550. The summed E-state index contributed by atoms with van der Waals surface area (Å²) in [5.41, 5.74) is 0.774. The maximum absolute atomic E-state index is 12.4. The van der Waals surface area contributed by atoms with Crippen LogP contribution in [0.2, 0.25) is 5.02 Å². The van der Waals surface area contributed by atoms with Crippen molar-refractivity contribution in [3.05, 3.63) is 34.9 Å². The molecule has 27 heavy (non-hydrogen) atoms. The van der Waals surface area contributed by atoms with E-state index in [4.69, 9.17) is 11.6 Å². The van der Waals surface area contributed by atoms with Gasteiger partial charge in [0.05, 0.1) is 12.3 Å². The van der Waals surface area contributed by atoms with Crippen LogP contribution in [-0.2, 0) is 20.8 Å². The number of carbonyl (C=O) groups is 3. The van der Waals surface area contributed by atoms with Gasteiger partial charge in [-0.1, -0.05) is 29.8 Å². The molecule has 6 nitrogen and oxygen atoms in total. The summed E-state index contributed by atoms with van der Waals surface area (Å²) < 4.78 is 0. The Morgan fingerprint density at radius 1 is 1.04 bits per heavy atom. The van der Waals surface area contributed by atoms with Crippen molar-refractivity contribution < 1.29 is 14.4 Å². The minimum atomic E-state index is -0.222. The van der Waals surface area contributed by atoms with Crippen LogP contribution in [0.1, 0.15) is 38.2 Å². The van der Waals surface area contributed by atoms with Crippen molar-refractivity contribution in [3.8, 4) is 0 Å². The Bertz CT molecular complexity index is 720. The number of hydrogen-bond acceptors (Lipinski definition) is 3. The first-order valence-electron chi connectivity index (χ1n) is 9.51. The lowest BCUT2D eigenvalue weighted by molar-refractivity contribution is -0.132. The SMILES string of the molecule is CC(=O)N1C[C@@H](NC(=O)Cc2ccccc2Cl)CC[C@@H](C(=O)NC2CC2)C1. The largest absolute Gasteiger partial charge is 0.353 e. The van der Waals surface area contributed by atoms with Crippen molar-refractivity contribution >= 4 is 29.3 Å². The van der Waals surface area contributed by atoms with Gasteiger partial charge in [0.15, 0.2) is 0 Å². The Kier molecular flexibility index (Phi) is 6.37. The van der Waals surface area contributed by atoms with Gasteiger partial charge in [0.2, 0.25) is 17.7 Å². The molecule has 1 aromatic carbocycles. The van der Waals surface area contributed by atoms with Gasteiger partial charge >= 0.3 is 0 Å². The van der Waals surface area contributed by atoms with E-state index in [0.29, 0.717) is 37.0 Å². The molecular formula is C20H26ClN3O3. The molecular weight excluding hydrogens is 366 g/mol. The topological polar surface area (TPSA) is 78.5 Å². The molecule has 1 aliphatic carbocycles. The highest BCUT2D eigenvalue weighted by Gasteiger charge is 2.32. The van der Waals surface area contributed by atoms with E-state index in [9.17, 15) is 14.4 Å². The van der Waals surface area contributed by atoms with Crippen LogP contribution >= 0.6 is 11.6 Å². The van der Waals surface area contributed by atoms with Gasteiger partial charge in [-0.2, -0.15) is 0 Å². The van der Waals surface area contributed by atoms with E-state index in [1.165, 1.54) is 6.92 Å². The Labute approximate surface area is 164 Å². The van der Waals surface area contributed by atoms with Gasteiger partial charge in [-0.05, 0) is 37.3 Å². The zero-order valence-electron chi connectivity index (χ0n) is 15.5. The van der Waals surface area contributed by atoms with Crippen molar-refractivity contribution in [1.82, 2.24) is 15.5 Å². The van der Waals surface area contributed by atoms with Crippen LogP contribution in [0.3, 0.4) is 0 Å². The molecule has 146 valence electrons. The average Bonchev–Trinajstić information content (AvgIpc) is 3.43. The highest BCUT2D eigenvalue weighted by molar-refractivity contribution is 6.31. The van der Waals surface area contributed by atoms with Crippen LogP contribution in [0.4, 0.5) is 0 Å². The predicted octanol–water partition coefficient (Wildman–Crippen LogP) is 1.90. The zero-order chi connectivity index (χ0) is 19.4. The molecule has 1 heterocycles. The lowest BCUT2D eigenvalue weighted by Crippen LogP contribution is -2.45. The molecule has 0 spiro atoms.